The topological polar surface area (TPSA) is 62.0 Å². The van der Waals surface area contributed by atoms with Crippen molar-refractivity contribution >= 4 is 11.6 Å². The molecule has 0 saturated carbocycles. The number of pyridine rings is 1. The lowest BCUT2D eigenvalue weighted by Gasteiger charge is -2.11. The number of benzene rings is 1. The van der Waals surface area contributed by atoms with Crippen molar-refractivity contribution in [2.45, 2.75) is 20.8 Å². The van der Waals surface area contributed by atoms with Gasteiger partial charge in [-0.25, -0.2) is 0 Å². The molecule has 0 aliphatic rings. The molecule has 1 aromatic carbocycles. The van der Waals surface area contributed by atoms with Crippen LogP contribution >= 0.6 is 0 Å². The van der Waals surface area contributed by atoms with E-state index >= 15 is 0 Å². The summed E-state index contributed by atoms with van der Waals surface area (Å²) < 4.78 is 0. The largest absolute Gasteiger partial charge is 0.328 e. The Bertz CT molecular complexity index is 667. The Morgan fingerprint density at radius 1 is 1.05 bits per heavy atom. The molecule has 0 aliphatic carbocycles. The molecule has 0 radical (unpaired) electrons. The molecule has 0 saturated heterocycles. The Hall–Kier alpha value is -2.36. The number of para-hydroxylation sites is 1. The molecule has 2 N–H and O–H groups in total. The van der Waals surface area contributed by atoms with Crippen LogP contribution in [0.25, 0.3) is 0 Å². The molecule has 4 heteroatoms. The molecule has 1 aromatic heterocycles. The Balaban J connectivity index is 2.40. The standard InChI is InChI=1S/C15H16N2O2/c1-9-7-8-16-14(18)12(9)15(19)17-13-10(2)5-4-6-11(13)3/h4-8H,1-3H3,(H,16,18)(H,17,19). The maximum Gasteiger partial charge on any atom is 0.261 e. The Labute approximate surface area is 111 Å². The Morgan fingerprint density at radius 2 is 1.68 bits per heavy atom. The molecule has 0 fully saturated rings. The quantitative estimate of drug-likeness (QED) is 0.867. The molecule has 19 heavy (non-hydrogen) atoms. The van der Waals surface area contributed by atoms with Gasteiger partial charge < -0.3 is 10.3 Å². The zero-order valence-electron chi connectivity index (χ0n) is 11.2. The number of hydrogen-bond donors (Lipinski definition) is 2. The van der Waals surface area contributed by atoms with Crippen LogP contribution < -0.4 is 10.9 Å². The number of aromatic amines is 1. The minimum absolute atomic E-state index is 0.158. The second kappa shape index (κ2) is 5.10. The van der Waals surface area contributed by atoms with Gasteiger partial charge in [0.1, 0.15) is 5.56 Å². The van der Waals surface area contributed by atoms with Crippen LogP contribution in [0.4, 0.5) is 5.69 Å². The summed E-state index contributed by atoms with van der Waals surface area (Å²) in [5.74, 6) is -0.378. The van der Waals surface area contributed by atoms with Gasteiger partial charge in [-0.15, -0.1) is 0 Å². The lowest BCUT2D eigenvalue weighted by molar-refractivity contribution is 0.102. The number of anilines is 1. The summed E-state index contributed by atoms with van der Waals surface area (Å²) in [6.45, 7) is 5.59. The number of rotatable bonds is 2. The normalized spacial score (nSPS) is 10.3. The van der Waals surface area contributed by atoms with Gasteiger partial charge in [0.05, 0.1) is 0 Å². The molecule has 0 unspecified atom stereocenters. The van der Waals surface area contributed by atoms with Crippen LogP contribution in [0.1, 0.15) is 27.0 Å². The first-order valence-corrected chi connectivity index (χ1v) is 6.06. The number of amides is 1. The molecule has 1 heterocycles. The first-order valence-electron chi connectivity index (χ1n) is 6.06. The maximum atomic E-state index is 12.2. The van der Waals surface area contributed by atoms with Crippen LogP contribution in [0.5, 0.6) is 0 Å². The molecule has 0 bridgehead atoms. The summed E-state index contributed by atoms with van der Waals surface area (Å²) in [5.41, 5.74) is 3.15. The van der Waals surface area contributed by atoms with E-state index in [9.17, 15) is 9.59 Å². The fraction of sp³-hybridized carbons (Fsp3) is 0.200. The van der Waals surface area contributed by atoms with Gasteiger partial charge in [0, 0.05) is 11.9 Å². The molecular weight excluding hydrogens is 240 g/mol. The van der Waals surface area contributed by atoms with Gasteiger partial charge in [0.25, 0.3) is 11.5 Å². The number of hydrogen-bond acceptors (Lipinski definition) is 2. The maximum absolute atomic E-state index is 12.2. The van der Waals surface area contributed by atoms with Crippen molar-refractivity contribution < 1.29 is 4.79 Å². The second-order valence-corrected chi connectivity index (χ2v) is 4.59. The molecule has 0 aliphatic heterocycles. The van der Waals surface area contributed by atoms with E-state index < -0.39 is 0 Å². The zero-order valence-corrected chi connectivity index (χ0v) is 11.2. The molecule has 98 valence electrons. The van der Waals surface area contributed by atoms with Crippen molar-refractivity contribution in [1.82, 2.24) is 4.98 Å². The zero-order chi connectivity index (χ0) is 14.0. The fourth-order valence-electron chi connectivity index (χ4n) is 2.05. The van der Waals surface area contributed by atoms with E-state index in [1.165, 1.54) is 6.20 Å². The molecule has 0 spiro atoms. The molecular formula is C15H16N2O2. The molecule has 2 rings (SSSR count). The summed E-state index contributed by atoms with van der Waals surface area (Å²) in [6.07, 6.45) is 1.54. The van der Waals surface area contributed by atoms with Crippen LogP contribution in [0.15, 0.2) is 35.3 Å². The van der Waals surface area contributed by atoms with Crippen LogP contribution in [0.3, 0.4) is 0 Å². The fourth-order valence-corrected chi connectivity index (χ4v) is 2.05. The van der Waals surface area contributed by atoms with E-state index in [0.29, 0.717) is 5.56 Å². The number of carbonyl (C=O) groups excluding carboxylic acids is 1. The monoisotopic (exact) mass is 256 g/mol. The van der Waals surface area contributed by atoms with Crippen molar-refractivity contribution in [2.75, 3.05) is 5.32 Å². The third-order valence-corrected chi connectivity index (χ3v) is 3.12. The van der Waals surface area contributed by atoms with Crippen LogP contribution in [-0.2, 0) is 0 Å². The predicted molar refractivity (Wildman–Crippen MR) is 75.7 cm³/mol. The SMILES string of the molecule is Cc1cccc(C)c1NC(=O)c1c(C)cc[nH]c1=O. The summed E-state index contributed by atoms with van der Waals surface area (Å²) in [6, 6.07) is 7.48. The summed E-state index contributed by atoms with van der Waals surface area (Å²) in [7, 11) is 0. The highest BCUT2D eigenvalue weighted by Gasteiger charge is 2.15. The number of carbonyl (C=O) groups is 1. The van der Waals surface area contributed by atoms with Crippen molar-refractivity contribution in [3.8, 4) is 0 Å². The molecule has 4 nitrogen and oxygen atoms in total. The van der Waals surface area contributed by atoms with Crippen LogP contribution in [0.2, 0.25) is 0 Å². The van der Waals surface area contributed by atoms with Crippen molar-refractivity contribution in [2.24, 2.45) is 0 Å². The number of aryl methyl sites for hydroxylation is 3. The van der Waals surface area contributed by atoms with Crippen molar-refractivity contribution in [3.63, 3.8) is 0 Å². The third-order valence-electron chi connectivity index (χ3n) is 3.12. The summed E-state index contributed by atoms with van der Waals surface area (Å²) in [4.78, 5) is 26.5. The van der Waals surface area contributed by atoms with E-state index in [4.69, 9.17) is 0 Å². The second-order valence-electron chi connectivity index (χ2n) is 4.59. The van der Waals surface area contributed by atoms with Gasteiger partial charge in [-0.1, -0.05) is 18.2 Å². The van der Waals surface area contributed by atoms with Crippen molar-refractivity contribution in [3.05, 3.63) is 63.1 Å². The van der Waals surface area contributed by atoms with Crippen LogP contribution in [-0.4, -0.2) is 10.9 Å². The van der Waals surface area contributed by atoms with Gasteiger partial charge in [-0.2, -0.15) is 0 Å². The average molecular weight is 256 g/mol. The minimum Gasteiger partial charge on any atom is -0.328 e. The van der Waals surface area contributed by atoms with E-state index in [1.807, 2.05) is 32.0 Å². The Morgan fingerprint density at radius 3 is 2.26 bits per heavy atom. The van der Waals surface area contributed by atoms with E-state index in [1.54, 1.807) is 13.0 Å². The summed E-state index contributed by atoms with van der Waals surface area (Å²) >= 11 is 0. The molecule has 0 atom stereocenters. The smallest absolute Gasteiger partial charge is 0.261 e. The number of nitrogens with one attached hydrogen (secondary N) is 2. The third kappa shape index (κ3) is 2.57. The average Bonchev–Trinajstić information content (AvgIpc) is 2.34. The molecule has 2 aromatic rings. The number of H-pyrrole nitrogens is 1. The van der Waals surface area contributed by atoms with E-state index in [-0.39, 0.29) is 17.0 Å². The van der Waals surface area contributed by atoms with Crippen molar-refractivity contribution in [1.29, 1.82) is 0 Å². The Kier molecular flexibility index (Phi) is 3.51. The van der Waals surface area contributed by atoms with Gasteiger partial charge in [0.2, 0.25) is 0 Å². The summed E-state index contributed by atoms with van der Waals surface area (Å²) in [5, 5.41) is 2.82. The lowest BCUT2D eigenvalue weighted by atomic mass is 10.1. The first kappa shape index (κ1) is 13.1. The number of aromatic nitrogens is 1. The van der Waals surface area contributed by atoms with Gasteiger partial charge in [-0.05, 0) is 43.5 Å². The molecule has 1 amide bonds. The van der Waals surface area contributed by atoms with E-state index in [0.717, 1.165) is 16.8 Å². The highest BCUT2D eigenvalue weighted by Crippen LogP contribution is 2.20. The highest BCUT2D eigenvalue weighted by atomic mass is 16.2. The van der Waals surface area contributed by atoms with Gasteiger partial charge in [0.15, 0.2) is 0 Å². The first-order chi connectivity index (χ1) is 9.00. The van der Waals surface area contributed by atoms with E-state index in [2.05, 4.69) is 10.3 Å². The van der Waals surface area contributed by atoms with Gasteiger partial charge >= 0.3 is 0 Å². The van der Waals surface area contributed by atoms with Crippen LogP contribution in [0, 0.1) is 20.8 Å². The highest BCUT2D eigenvalue weighted by molar-refractivity contribution is 6.05. The predicted octanol–water partition coefficient (Wildman–Crippen LogP) is 2.55. The minimum atomic E-state index is -0.378. The van der Waals surface area contributed by atoms with Gasteiger partial charge in [-0.3, -0.25) is 9.59 Å². The lowest BCUT2D eigenvalue weighted by Crippen LogP contribution is -2.24.